The minimum Gasteiger partial charge on any atom is -0.330 e. The van der Waals surface area contributed by atoms with Gasteiger partial charge in [0, 0.05) is 17.0 Å². The van der Waals surface area contributed by atoms with Gasteiger partial charge in [-0.05, 0) is 38.1 Å². The Bertz CT molecular complexity index is 528. The molecule has 2 aromatic rings. The molecule has 2 heterocycles. The summed E-state index contributed by atoms with van der Waals surface area (Å²) >= 11 is 1.82. The van der Waals surface area contributed by atoms with Crippen LogP contribution in [0.3, 0.4) is 0 Å². The Morgan fingerprint density at radius 3 is 3.18 bits per heavy atom. The number of fused-ring (bicyclic) bond motifs is 3. The van der Waals surface area contributed by atoms with Crippen LogP contribution < -0.4 is 5.73 Å². The van der Waals surface area contributed by atoms with Crippen LogP contribution >= 0.6 is 11.3 Å². The van der Waals surface area contributed by atoms with Crippen molar-refractivity contribution in [2.75, 3.05) is 6.54 Å². The van der Waals surface area contributed by atoms with Crippen LogP contribution in [0.25, 0.3) is 4.96 Å². The average molecular weight is 250 g/mol. The zero-order chi connectivity index (χ0) is 11.8. The number of nitrogens with two attached hydrogens (primary N) is 1. The normalized spacial score (nSPS) is 19.8. The maximum atomic E-state index is 5.57. The number of hydrogen-bond acceptors (Lipinski definition) is 4. The van der Waals surface area contributed by atoms with Gasteiger partial charge >= 0.3 is 0 Å². The van der Waals surface area contributed by atoms with Gasteiger partial charge in [0.1, 0.15) is 5.82 Å². The zero-order valence-corrected chi connectivity index (χ0v) is 11.0. The van der Waals surface area contributed by atoms with Gasteiger partial charge in [0.2, 0.25) is 4.96 Å². The fraction of sp³-hybridized carbons (Fsp3) is 0.667. The van der Waals surface area contributed by atoms with Crippen molar-refractivity contribution in [3.05, 3.63) is 16.4 Å². The Kier molecular flexibility index (Phi) is 2.88. The number of nitrogens with zero attached hydrogens (tertiary/aromatic N) is 3. The minimum absolute atomic E-state index is 0.721. The molecular formula is C12H18N4S. The van der Waals surface area contributed by atoms with Gasteiger partial charge in [-0.3, -0.25) is 4.40 Å². The van der Waals surface area contributed by atoms with Crippen LogP contribution in [0.2, 0.25) is 0 Å². The smallest absolute Gasteiger partial charge is 0.216 e. The second kappa shape index (κ2) is 4.38. The molecule has 2 aromatic heterocycles. The van der Waals surface area contributed by atoms with E-state index in [-0.39, 0.29) is 0 Å². The highest BCUT2D eigenvalue weighted by Crippen LogP contribution is 2.32. The van der Waals surface area contributed by atoms with E-state index >= 15 is 0 Å². The van der Waals surface area contributed by atoms with E-state index in [4.69, 9.17) is 5.73 Å². The van der Waals surface area contributed by atoms with Crippen LogP contribution in [0.5, 0.6) is 0 Å². The molecule has 92 valence electrons. The monoisotopic (exact) mass is 250 g/mol. The largest absolute Gasteiger partial charge is 0.330 e. The molecule has 0 saturated heterocycles. The summed E-state index contributed by atoms with van der Waals surface area (Å²) in [4.78, 5) is 2.58. The fourth-order valence-electron chi connectivity index (χ4n) is 2.57. The Labute approximate surface area is 105 Å². The van der Waals surface area contributed by atoms with Crippen molar-refractivity contribution in [1.82, 2.24) is 14.6 Å². The van der Waals surface area contributed by atoms with Crippen molar-refractivity contribution >= 4 is 16.3 Å². The van der Waals surface area contributed by atoms with Gasteiger partial charge in [-0.1, -0.05) is 18.3 Å². The number of aryl methyl sites for hydroxylation is 2. The first-order valence-electron chi connectivity index (χ1n) is 6.34. The van der Waals surface area contributed by atoms with Crippen LogP contribution in [0, 0.1) is 5.92 Å². The highest BCUT2D eigenvalue weighted by atomic mass is 32.1. The molecule has 17 heavy (non-hydrogen) atoms. The number of rotatable bonds is 3. The summed E-state index contributed by atoms with van der Waals surface area (Å²) < 4.78 is 2.28. The molecule has 0 saturated carbocycles. The van der Waals surface area contributed by atoms with Crippen LogP contribution in [-0.2, 0) is 19.3 Å². The van der Waals surface area contributed by atoms with Crippen molar-refractivity contribution in [3.63, 3.8) is 0 Å². The maximum absolute atomic E-state index is 5.57. The summed E-state index contributed by atoms with van der Waals surface area (Å²) in [7, 11) is 0. The van der Waals surface area contributed by atoms with E-state index in [0.29, 0.717) is 0 Å². The number of aromatic nitrogens is 3. The maximum Gasteiger partial charge on any atom is 0.216 e. The molecule has 3 rings (SSSR count). The van der Waals surface area contributed by atoms with E-state index in [1.54, 1.807) is 0 Å². The first kappa shape index (κ1) is 11.2. The molecule has 0 bridgehead atoms. The van der Waals surface area contributed by atoms with Crippen molar-refractivity contribution in [1.29, 1.82) is 0 Å². The van der Waals surface area contributed by atoms with Gasteiger partial charge in [-0.2, -0.15) is 0 Å². The summed E-state index contributed by atoms with van der Waals surface area (Å²) in [6.07, 6.45) is 5.59. The van der Waals surface area contributed by atoms with E-state index < -0.39 is 0 Å². The lowest BCUT2D eigenvalue weighted by Crippen LogP contribution is -2.12. The summed E-state index contributed by atoms with van der Waals surface area (Å²) in [5.74, 6) is 1.91. The molecule has 0 aliphatic heterocycles. The first-order chi connectivity index (χ1) is 8.29. The van der Waals surface area contributed by atoms with E-state index in [2.05, 4.69) is 21.5 Å². The molecule has 1 unspecified atom stereocenters. The molecule has 0 aromatic carbocycles. The Morgan fingerprint density at radius 1 is 1.47 bits per heavy atom. The van der Waals surface area contributed by atoms with Crippen molar-refractivity contribution in [2.24, 2.45) is 11.7 Å². The molecule has 5 heteroatoms. The standard InChI is InChI=1S/C12H18N4S/c1-8-4-5-9-10(7-8)17-12-15-14-11(16(9)12)3-2-6-13/h8H,2-7,13H2,1H3. The molecule has 0 radical (unpaired) electrons. The van der Waals surface area contributed by atoms with E-state index in [1.807, 2.05) is 11.3 Å². The molecule has 0 amide bonds. The summed E-state index contributed by atoms with van der Waals surface area (Å²) in [6, 6.07) is 0. The summed E-state index contributed by atoms with van der Waals surface area (Å²) in [5.41, 5.74) is 7.02. The predicted octanol–water partition coefficient (Wildman–Crippen LogP) is 1.81. The number of thiazole rings is 1. The lowest BCUT2D eigenvalue weighted by Gasteiger charge is -2.17. The van der Waals surface area contributed by atoms with Crippen LogP contribution in [-0.4, -0.2) is 21.1 Å². The van der Waals surface area contributed by atoms with E-state index in [0.717, 1.165) is 36.1 Å². The van der Waals surface area contributed by atoms with Crippen LogP contribution in [0.1, 0.15) is 36.2 Å². The second-order valence-corrected chi connectivity index (χ2v) is 6.01. The third-order valence-electron chi connectivity index (χ3n) is 3.52. The Morgan fingerprint density at radius 2 is 2.35 bits per heavy atom. The van der Waals surface area contributed by atoms with E-state index in [1.165, 1.54) is 29.8 Å². The molecule has 1 aliphatic rings. The summed E-state index contributed by atoms with van der Waals surface area (Å²) in [6.45, 7) is 3.05. The third kappa shape index (κ3) is 1.87. The van der Waals surface area contributed by atoms with Crippen molar-refractivity contribution in [3.8, 4) is 0 Å². The minimum atomic E-state index is 0.721. The predicted molar refractivity (Wildman–Crippen MR) is 69.4 cm³/mol. The van der Waals surface area contributed by atoms with Crippen LogP contribution in [0.15, 0.2) is 0 Å². The van der Waals surface area contributed by atoms with Gasteiger partial charge in [0.15, 0.2) is 0 Å². The van der Waals surface area contributed by atoms with Gasteiger partial charge in [-0.15, -0.1) is 10.2 Å². The molecule has 2 N–H and O–H groups in total. The van der Waals surface area contributed by atoms with Crippen molar-refractivity contribution < 1.29 is 0 Å². The SMILES string of the molecule is CC1CCc2c(sc3nnc(CCCN)n23)C1. The molecule has 0 fully saturated rings. The highest BCUT2D eigenvalue weighted by Gasteiger charge is 2.22. The van der Waals surface area contributed by atoms with Gasteiger partial charge in [-0.25, -0.2) is 0 Å². The molecule has 1 aliphatic carbocycles. The van der Waals surface area contributed by atoms with Gasteiger partial charge in [0.05, 0.1) is 0 Å². The van der Waals surface area contributed by atoms with E-state index in [9.17, 15) is 0 Å². The Balaban J connectivity index is 2.02. The number of hydrogen-bond donors (Lipinski definition) is 1. The fourth-order valence-corrected chi connectivity index (χ4v) is 3.85. The van der Waals surface area contributed by atoms with Gasteiger partial charge < -0.3 is 5.73 Å². The molecular weight excluding hydrogens is 232 g/mol. The molecule has 4 nitrogen and oxygen atoms in total. The third-order valence-corrected chi connectivity index (χ3v) is 4.61. The van der Waals surface area contributed by atoms with Crippen LogP contribution in [0.4, 0.5) is 0 Å². The molecule has 0 spiro atoms. The summed E-state index contributed by atoms with van der Waals surface area (Å²) in [5, 5.41) is 8.58. The first-order valence-corrected chi connectivity index (χ1v) is 7.16. The zero-order valence-electron chi connectivity index (χ0n) is 10.1. The molecule has 1 atom stereocenters. The Hall–Kier alpha value is -0.940. The quantitative estimate of drug-likeness (QED) is 0.904. The lowest BCUT2D eigenvalue weighted by atomic mass is 9.93. The topological polar surface area (TPSA) is 56.2 Å². The van der Waals surface area contributed by atoms with Gasteiger partial charge in [0.25, 0.3) is 0 Å². The second-order valence-electron chi connectivity index (χ2n) is 4.95. The van der Waals surface area contributed by atoms with Crippen molar-refractivity contribution in [2.45, 2.75) is 39.0 Å². The lowest BCUT2D eigenvalue weighted by molar-refractivity contribution is 0.497. The average Bonchev–Trinajstić information content (AvgIpc) is 2.84. The highest BCUT2D eigenvalue weighted by molar-refractivity contribution is 7.17.